The van der Waals surface area contributed by atoms with Crippen molar-refractivity contribution in [3.05, 3.63) is 34.4 Å². The largest absolute Gasteiger partial charge is 0.351 e. The van der Waals surface area contributed by atoms with E-state index in [-0.39, 0.29) is 11.6 Å². The minimum absolute atomic E-state index is 0.0762. The first-order valence-corrected chi connectivity index (χ1v) is 9.23. The Hall–Kier alpha value is -2.97. The Bertz CT molecular complexity index is 1060. The van der Waals surface area contributed by atoms with Gasteiger partial charge in [-0.3, -0.25) is 14.0 Å². The molecule has 9 heteroatoms. The first-order valence-electron chi connectivity index (χ1n) is 9.23. The quantitative estimate of drug-likeness (QED) is 0.670. The number of aryl methyl sites for hydroxylation is 1. The smallest absolute Gasteiger partial charge is 0.265 e. The highest BCUT2D eigenvalue weighted by atomic mass is 16.1. The van der Waals surface area contributed by atoms with Crippen molar-refractivity contribution in [3.63, 3.8) is 0 Å². The van der Waals surface area contributed by atoms with E-state index >= 15 is 0 Å². The van der Waals surface area contributed by atoms with E-state index in [1.807, 2.05) is 7.05 Å². The predicted octanol–water partition coefficient (Wildman–Crippen LogP) is 0.659. The Labute approximate surface area is 156 Å². The van der Waals surface area contributed by atoms with E-state index in [0.29, 0.717) is 22.9 Å². The van der Waals surface area contributed by atoms with Crippen LogP contribution in [-0.4, -0.2) is 55.7 Å². The molecule has 3 aromatic heterocycles. The van der Waals surface area contributed by atoms with E-state index in [1.54, 1.807) is 29.5 Å². The van der Waals surface area contributed by atoms with Crippen molar-refractivity contribution in [2.24, 2.45) is 14.1 Å². The Balaban J connectivity index is 1.33. The maximum absolute atomic E-state index is 12.6. The summed E-state index contributed by atoms with van der Waals surface area (Å²) in [4.78, 5) is 21.4. The van der Waals surface area contributed by atoms with E-state index in [0.717, 1.165) is 24.6 Å². The molecular weight excluding hydrogens is 344 g/mol. The fourth-order valence-corrected chi connectivity index (χ4v) is 3.62. The fourth-order valence-electron chi connectivity index (χ4n) is 3.62. The van der Waals surface area contributed by atoms with Crippen LogP contribution in [0, 0.1) is 0 Å². The van der Waals surface area contributed by atoms with Crippen molar-refractivity contribution < 1.29 is 0 Å². The molecular formula is C18H22N8O. The van der Waals surface area contributed by atoms with Gasteiger partial charge in [-0.2, -0.15) is 15.2 Å². The Kier molecular flexibility index (Phi) is 3.46. The van der Waals surface area contributed by atoms with E-state index in [9.17, 15) is 4.79 Å². The highest BCUT2D eigenvalue weighted by Crippen LogP contribution is 2.39. The summed E-state index contributed by atoms with van der Waals surface area (Å²) in [6.45, 7) is 1.65. The van der Waals surface area contributed by atoms with Crippen LogP contribution in [0.4, 0.5) is 11.8 Å². The summed E-state index contributed by atoms with van der Waals surface area (Å²) in [6.07, 6.45) is 4.18. The summed E-state index contributed by atoms with van der Waals surface area (Å²) < 4.78 is 3.22. The van der Waals surface area contributed by atoms with Gasteiger partial charge in [0.15, 0.2) is 11.5 Å². The number of aromatic nitrogens is 6. The van der Waals surface area contributed by atoms with Crippen molar-refractivity contribution in [2.75, 3.05) is 29.9 Å². The number of likely N-dealkylation sites (N-methyl/N-ethyl adjacent to an activating group) is 1. The number of anilines is 2. The van der Waals surface area contributed by atoms with Crippen molar-refractivity contribution in [1.82, 2.24) is 29.5 Å². The van der Waals surface area contributed by atoms with Gasteiger partial charge in [0.05, 0.1) is 11.7 Å². The molecule has 1 saturated carbocycles. The van der Waals surface area contributed by atoms with E-state index in [2.05, 4.69) is 42.2 Å². The number of hydrogen-bond acceptors (Lipinski definition) is 7. The Morgan fingerprint density at radius 1 is 1.15 bits per heavy atom. The molecule has 0 spiro atoms. The molecule has 4 heterocycles. The van der Waals surface area contributed by atoms with Crippen LogP contribution in [-0.2, 0) is 14.1 Å². The standard InChI is InChI=1S/C18H22N8O/c1-23-10-13-16(22-23)19-18(25(3)17(13)27)24(2)12-8-26(9-12)15-7-6-14(20-21-15)11-4-5-11/h6-7,10-12H,4-5,8-9H2,1-3H3. The molecule has 27 heavy (non-hydrogen) atoms. The topological polar surface area (TPSA) is 85.0 Å². The summed E-state index contributed by atoms with van der Waals surface area (Å²) in [6, 6.07) is 4.41. The third-order valence-electron chi connectivity index (χ3n) is 5.57. The molecule has 1 aliphatic heterocycles. The maximum Gasteiger partial charge on any atom is 0.265 e. The average molecular weight is 366 g/mol. The van der Waals surface area contributed by atoms with Gasteiger partial charge in [-0.05, 0) is 25.0 Å². The van der Waals surface area contributed by atoms with Gasteiger partial charge in [-0.25, -0.2) is 0 Å². The van der Waals surface area contributed by atoms with Gasteiger partial charge in [0.1, 0.15) is 5.39 Å². The van der Waals surface area contributed by atoms with Gasteiger partial charge in [0, 0.05) is 46.3 Å². The van der Waals surface area contributed by atoms with Crippen molar-refractivity contribution in [2.45, 2.75) is 24.8 Å². The molecule has 1 saturated heterocycles. The lowest BCUT2D eigenvalue weighted by atomic mass is 10.1. The molecule has 0 radical (unpaired) electrons. The van der Waals surface area contributed by atoms with Crippen LogP contribution >= 0.6 is 0 Å². The molecule has 0 unspecified atom stereocenters. The van der Waals surface area contributed by atoms with Crippen molar-refractivity contribution in [1.29, 1.82) is 0 Å². The minimum Gasteiger partial charge on any atom is -0.351 e. The van der Waals surface area contributed by atoms with Gasteiger partial charge in [-0.15, -0.1) is 5.10 Å². The molecule has 5 rings (SSSR count). The zero-order chi connectivity index (χ0) is 18.7. The third-order valence-corrected chi connectivity index (χ3v) is 5.57. The predicted molar refractivity (Wildman–Crippen MR) is 102 cm³/mol. The number of rotatable bonds is 4. The lowest BCUT2D eigenvalue weighted by Crippen LogP contribution is -2.59. The summed E-state index contributed by atoms with van der Waals surface area (Å²) in [7, 11) is 5.52. The Morgan fingerprint density at radius 2 is 1.93 bits per heavy atom. The second kappa shape index (κ2) is 5.77. The second-order valence-electron chi connectivity index (χ2n) is 7.58. The molecule has 0 atom stereocenters. The molecule has 0 aromatic carbocycles. The highest BCUT2D eigenvalue weighted by Gasteiger charge is 2.33. The number of fused-ring (bicyclic) bond motifs is 1. The molecule has 2 aliphatic rings. The molecule has 3 aromatic rings. The van der Waals surface area contributed by atoms with Crippen molar-refractivity contribution in [3.8, 4) is 0 Å². The zero-order valence-electron chi connectivity index (χ0n) is 15.7. The third kappa shape index (κ3) is 2.65. The average Bonchev–Trinajstić information content (AvgIpc) is 3.39. The fraction of sp³-hybridized carbons (Fsp3) is 0.500. The van der Waals surface area contributed by atoms with Crippen molar-refractivity contribution >= 4 is 22.8 Å². The first-order chi connectivity index (χ1) is 13.0. The molecule has 2 fully saturated rings. The van der Waals surface area contributed by atoms with Crippen LogP contribution in [0.1, 0.15) is 24.5 Å². The van der Waals surface area contributed by atoms with Gasteiger partial charge in [0.25, 0.3) is 5.56 Å². The van der Waals surface area contributed by atoms with E-state index < -0.39 is 0 Å². The normalized spacial score (nSPS) is 17.4. The van der Waals surface area contributed by atoms with Gasteiger partial charge < -0.3 is 9.80 Å². The maximum atomic E-state index is 12.6. The Morgan fingerprint density at radius 3 is 2.59 bits per heavy atom. The van der Waals surface area contributed by atoms with Gasteiger partial charge >= 0.3 is 0 Å². The van der Waals surface area contributed by atoms with E-state index in [4.69, 9.17) is 0 Å². The summed E-state index contributed by atoms with van der Waals surface area (Å²) in [5.74, 6) is 2.16. The van der Waals surface area contributed by atoms with Crippen LogP contribution in [0.15, 0.2) is 23.1 Å². The second-order valence-corrected chi connectivity index (χ2v) is 7.58. The monoisotopic (exact) mass is 366 g/mol. The molecule has 140 valence electrons. The summed E-state index contributed by atoms with van der Waals surface area (Å²) in [5, 5.41) is 13.6. The lowest BCUT2D eigenvalue weighted by molar-refractivity contribution is 0.479. The van der Waals surface area contributed by atoms with Crippen LogP contribution in [0.2, 0.25) is 0 Å². The van der Waals surface area contributed by atoms with Crippen LogP contribution in [0.5, 0.6) is 0 Å². The van der Waals surface area contributed by atoms with Gasteiger partial charge in [-0.1, -0.05) is 0 Å². The number of nitrogens with zero attached hydrogens (tertiary/aromatic N) is 8. The molecule has 0 N–H and O–H groups in total. The zero-order valence-corrected chi connectivity index (χ0v) is 15.7. The highest BCUT2D eigenvalue weighted by molar-refractivity contribution is 5.74. The minimum atomic E-state index is -0.0762. The number of hydrogen-bond donors (Lipinski definition) is 0. The SMILES string of the molecule is CN(c1nc2nn(C)cc2c(=O)n1C)C1CN(c2ccc(C3CC3)nn2)C1. The van der Waals surface area contributed by atoms with Crippen LogP contribution < -0.4 is 15.4 Å². The van der Waals surface area contributed by atoms with Gasteiger partial charge in [0.2, 0.25) is 5.95 Å². The summed E-state index contributed by atoms with van der Waals surface area (Å²) in [5.41, 5.74) is 1.52. The molecule has 0 bridgehead atoms. The van der Waals surface area contributed by atoms with Crippen LogP contribution in [0.25, 0.3) is 11.0 Å². The summed E-state index contributed by atoms with van der Waals surface area (Å²) >= 11 is 0. The lowest BCUT2D eigenvalue weighted by Gasteiger charge is -2.44. The molecule has 9 nitrogen and oxygen atoms in total. The first kappa shape index (κ1) is 16.2. The van der Waals surface area contributed by atoms with Crippen LogP contribution in [0.3, 0.4) is 0 Å². The molecule has 0 amide bonds. The molecule has 1 aliphatic carbocycles. The van der Waals surface area contributed by atoms with E-state index in [1.165, 1.54) is 12.8 Å².